The van der Waals surface area contributed by atoms with Gasteiger partial charge in [-0.1, -0.05) is 62.4 Å². The van der Waals surface area contributed by atoms with Gasteiger partial charge in [-0.25, -0.2) is 9.59 Å². The lowest BCUT2D eigenvalue weighted by molar-refractivity contribution is -0.166. The van der Waals surface area contributed by atoms with E-state index in [2.05, 4.69) is 23.2 Å². The molecule has 0 radical (unpaired) electrons. The quantitative estimate of drug-likeness (QED) is 0.432. The highest BCUT2D eigenvalue weighted by Crippen LogP contribution is 2.61. The Morgan fingerprint density at radius 1 is 1.12 bits per heavy atom. The zero-order chi connectivity index (χ0) is 28.2. The van der Waals surface area contributed by atoms with E-state index in [-0.39, 0.29) is 29.6 Å². The number of cyclic esters (lactones) is 1. The van der Waals surface area contributed by atoms with E-state index in [0.717, 1.165) is 11.1 Å². The predicted molar refractivity (Wildman–Crippen MR) is 146 cm³/mol. The Kier molecular flexibility index (Phi) is 6.97. The minimum atomic E-state index is -0.894. The van der Waals surface area contributed by atoms with Gasteiger partial charge in [-0.3, -0.25) is 0 Å². The van der Waals surface area contributed by atoms with Gasteiger partial charge < -0.3 is 29.0 Å². The molecule has 1 saturated carbocycles. The van der Waals surface area contributed by atoms with E-state index in [9.17, 15) is 14.7 Å². The number of rotatable bonds is 4. The number of aromatic amines is 1. The summed E-state index contributed by atoms with van der Waals surface area (Å²) >= 11 is 0. The van der Waals surface area contributed by atoms with E-state index in [0.29, 0.717) is 12.1 Å². The van der Waals surface area contributed by atoms with Crippen molar-refractivity contribution in [1.82, 2.24) is 4.98 Å². The molecular weight excluding hydrogens is 510 g/mol. The molecule has 212 valence electrons. The Labute approximate surface area is 234 Å². The van der Waals surface area contributed by atoms with Crippen LogP contribution in [0.25, 0.3) is 0 Å². The number of carbonyl (C=O) groups is 2. The molecule has 3 heterocycles. The summed E-state index contributed by atoms with van der Waals surface area (Å²) in [7, 11) is 1.52. The SMILES string of the molecule is CO[C@H]1C[C@H]2C=C[C@H]3[C@H]4O[C@]2(/C(C)=C/[C@@H](C)[C@H](c2ccccc2)OC1=O)[C@@H]3[C@H](O)[C@@H](C)[C@H]4OC(=O)c1ccc[nH]1. The topological polar surface area (TPSA) is 107 Å². The lowest BCUT2D eigenvalue weighted by atomic mass is 9.57. The van der Waals surface area contributed by atoms with Crippen LogP contribution < -0.4 is 0 Å². The van der Waals surface area contributed by atoms with Crippen molar-refractivity contribution in [3.63, 3.8) is 0 Å². The van der Waals surface area contributed by atoms with Crippen LogP contribution >= 0.6 is 0 Å². The van der Waals surface area contributed by atoms with Gasteiger partial charge in [0.1, 0.15) is 29.6 Å². The number of aliphatic hydroxyl groups is 1. The summed E-state index contributed by atoms with van der Waals surface area (Å²) in [6.45, 7) is 5.99. The van der Waals surface area contributed by atoms with Crippen molar-refractivity contribution >= 4 is 11.9 Å². The van der Waals surface area contributed by atoms with Crippen LogP contribution in [0, 0.1) is 29.6 Å². The number of H-pyrrole nitrogens is 1. The summed E-state index contributed by atoms with van der Waals surface area (Å²) in [5, 5.41) is 11.8. The first kappa shape index (κ1) is 27.0. The van der Waals surface area contributed by atoms with Gasteiger partial charge in [0.25, 0.3) is 0 Å². The number of aromatic nitrogens is 1. The van der Waals surface area contributed by atoms with Gasteiger partial charge in [-0.15, -0.1) is 0 Å². The fraction of sp³-hybridized carbons (Fsp3) is 0.500. The van der Waals surface area contributed by atoms with Crippen molar-refractivity contribution in [2.24, 2.45) is 29.6 Å². The van der Waals surface area contributed by atoms with E-state index in [1.165, 1.54) is 7.11 Å². The molecule has 8 heteroatoms. The van der Waals surface area contributed by atoms with Gasteiger partial charge in [-0.2, -0.15) is 0 Å². The summed E-state index contributed by atoms with van der Waals surface area (Å²) in [6, 6.07) is 13.1. The molecule has 8 nitrogen and oxygen atoms in total. The number of aliphatic hydroxyl groups excluding tert-OH is 1. The first-order valence-corrected chi connectivity index (χ1v) is 14.1. The second-order valence-electron chi connectivity index (χ2n) is 11.7. The van der Waals surface area contributed by atoms with Crippen molar-refractivity contribution in [1.29, 1.82) is 0 Å². The average molecular weight is 548 g/mol. The number of benzene rings is 1. The molecule has 1 saturated heterocycles. The molecule has 4 aliphatic rings. The van der Waals surface area contributed by atoms with E-state index in [1.807, 2.05) is 51.1 Å². The number of carbonyl (C=O) groups excluding carboxylic acids is 2. The van der Waals surface area contributed by atoms with E-state index < -0.39 is 48.1 Å². The second kappa shape index (κ2) is 10.3. The van der Waals surface area contributed by atoms with E-state index in [4.69, 9.17) is 18.9 Å². The van der Waals surface area contributed by atoms with Gasteiger partial charge in [0.15, 0.2) is 6.10 Å². The van der Waals surface area contributed by atoms with Crippen LogP contribution in [0.15, 0.2) is 72.5 Å². The largest absolute Gasteiger partial charge is 0.455 e. The van der Waals surface area contributed by atoms with Crippen molar-refractivity contribution in [3.05, 3.63) is 83.7 Å². The maximum absolute atomic E-state index is 13.4. The smallest absolute Gasteiger partial charge is 0.355 e. The van der Waals surface area contributed by atoms with Gasteiger partial charge in [0.2, 0.25) is 0 Å². The summed E-state index contributed by atoms with van der Waals surface area (Å²) < 4.78 is 24.8. The number of hydrogen-bond acceptors (Lipinski definition) is 7. The van der Waals surface area contributed by atoms with Crippen LogP contribution in [-0.2, 0) is 23.7 Å². The fourth-order valence-corrected chi connectivity index (χ4v) is 7.60. The Morgan fingerprint density at radius 3 is 2.60 bits per heavy atom. The molecule has 4 bridgehead atoms. The minimum absolute atomic E-state index is 0.150. The van der Waals surface area contributed by atoms with Gasteiger partial charge in [-0.05, 0) is 36.6 Å². The summed E-state index contributed by atoms with van der Waals surface area (Å²) in [4.78, 5) is 29.3. The van der Waals surface area contributed by atoms with Crippen LogP contribution in [0.5, 0.6) is 0 Å². The van der Waals surface area contributed by atoms with Crippen LogP contribution in [-0.4, -0.2) is 59.2 Å². The standard InChI is InChI=1S/C32H37NO7/c1-17-15-18(2)32-21(16-24(37-4)31(36)38-27(17)20-9-6-5-7-10-20)12-13-22-25(32)26(34)19(3)28(29(22)40-32)39-30(35)23-11-8-14-33-23/h5-15,17,19,21-22,24-29,33-34H,16H2,1-4H3/b18-15+/t17-,19-,21-,22-,24+,25+,26-,27-,28-,29-,32+/m1/s1. The third-order valence-corrected chi connectivity index (χ3v) is 9.54. The molecule has 2 aliphatic carbocycles. The van der Waals surface area contributed by atoms with Crippen LogP contribution in [0.4, 0.5) is 0 Å². The van der Waals surface area contributed by atoms with Crippen molar-refractivity contribution < 1.29 is 33.6 Å². The number of ether oxygens (including phenoxy) is 4. The highest BCUT2D eigenvalue weighted by atomic mass is 16.6. The molecule has 2 N–H and O–H groups in total. The molecule has 0 amide bonds. The summed E-state index contributed by atoms with van der Waals surface area (Å²) in [6.07, 6.45) is 5.09. The highest BCUT2D eigenvalue weighted by molar-refractivity contribution is 5.87. The number of hydrogen-bond donors (Lipinski definition) is 2. The maximum atomic E-state index is 13.4. The number of esters is 2. The van der Waals surface area contributed by atoms with Gasteiger partial charge in [0, 0.05) is 42.9 Å². The molecule has 0 unspecified atom stereocenters. The van der Waals surface area contributed by atoms with Gasteiger partial charge in [0.05, 0.1) is 6.10 Å². The van der Waals surface area contributed by atoms with Crippen LogP contribution in [0.3, 0.4) is 0 Å². The third-order valence-electron chi connectivity index (χ3n) is 9.54. The van der Waals surface area contributed by atoms with E-state index >= 15 is 0 Å². The molecule has 1 aromatic heterocycles. The lowest BCUT2D eigenvalue weighted by Gasteiger charge is -2.48. The number of methoxy groups -OCH3 is 1. The fourth-order valence-electron chi connectivity index (χ4n) is 7.60. The Bertz CT molecular complexity index is 1300. The Morgan fingerprint density at radius 2 is 1.90 bits per heavy atom. The Balaban J connectivity index is 1.42. The van der Waals surface area contributed by atoms with E-state index in [1.54, 1.807) is 18.3 Å². The molecule has 6 rings (SSSR count). The monoisotopic (exact) mass is 547 g/mol. The molecule has 2 aromatic rings. The molecule has 1 aromatic carbocycles. The normalized spacial score (nSPS) is 41.8. The number of nitrogens with one attached hydrogen (secondary N) is 1. The first-order valence-electron chi connectivity index (χ1n) is 14.1. The van der Waals surface area contributed by atoms with Crippen molar-refractivity contribution in [2.75, 3.05) is 7.11 Å². The summed E-state index contributed by atoms with van der Waals surface area (Å²) in [5.41, 5.74) is 1.33. The van der Waals surface area contributed by atoms with Crippen molar-refractivity contribution in [2.45, 2.75) is 63.3 Å². The lowest BCUT2D eigenvalue weighted by Crippen LogP contribution is -2.57. The Hall–Kier alpha value is -3.20. The molecule has 2 aliphatic heterocycles. The molecule has 11 atom stereocenters. The molecular formula is C32H37NO7. The molecule has 1 spiro atoms. The predicted octanol–water partition coefficient (Wildman–Crippen LogP) is 4.39. The average Bonchev–Trinajstić information content (AvgIpc) is 3.56. The van der Waals surface area contributed by atoms with Gasteiger partial charge >= 0.3 is 11.9 Å². The maximum Gasteiger partial charge on any atom is 0.355 e. The van der Waals surface area contributed by atoms with Crippen LogP contribution in [0.1, 0.15) is 49.3 Å². The first-order chi connectivity index (χ1) is 19.3. The zero-order valence-electron chi connectivity index (χ0n) is 23.2. The minimum Gasteiger partial charge on any atom is -0.455 e. The third kappa shape index (κ3) is 4.16. The second-order valence-corrected chi connectivity index (χ2v) is 11.7. The summed E-state index contributed by atoms with van der Waals surface area (Å²) in [5.74, 6) is -2.10. The highest BCUT2D eigenvalue weighted by Gasteiger charge is 2.69. The van der Waals surface area contributed by atoms with Crippen LogP contribution in [0.2, 0.25) is 0 Å². The zero-order valence-corrected chi connectivity index (χ0v) is 23.2. The molecule has 40 heavy (non-hydrogen) atoms. The molecule has 2 fully saturated rings. The van der Waals surface area contributed by atoms with Crippen molar-refractivity contribution in [3.8, 4) is 0 Å².